The van der Waals surface area contributed by atoms with Gasteiger partial charge in [-0.15, -0.1) is 0 Å². The van der Waals surface area contributed by atoms with E-state index in [1.807, 2.05) is 30.3 Å². The van der Waals surface area contributed by atoms with Crippen LogP contribution in [0, 0.1) is 5.92 Å². The van der Waals surface area contributed by atoms with Crippen LogP contribution < -0.4 is 0 Å². The number of rotatable bonds is 5. The number of aliphatic hydroxyl groups is 1. The molecule has 0 bridgehead atoms. The van der Waals surface area contributed by atoms with E-state index in [0.717, 1.165) is 44.6 Å². The van der Waals surface area contributed by atoms with Crippen LogP contribution in [0.2, 0.25) is 0 Å². The van der Waals surface area contributed by atoms with E-state index in [1.54, 1.807) is 0 Å². The third-order valence-corrected chi connectivity index (χ3v) is 5.01. The fourth-order valence-corrected chi connectivity index (χ4v) is 3.61. The minimum atomic E-state index is -0.300. The summed E-state index contributed by atoms with van der Waals surface area (Å²) in [7, 11) is 0. The summed E-state index contributed by atoms with van der Waals surface area (Å²) >= 11 is 0. The minimum Gasteiger partial charge on any atom is -0.388 e. The lowest BCUT2D eigenvalue weighted by atomic mass is 9.87. The Morgan fingerprint density at radius 2 is 1.90 bits per heavy atom. The van der Waals surface area contributed by atoms with Gasteiger partial charge in [0.1, 0.15) is 0 Å². The molecule has 2 heterocycles. The third kappa shape index (κ3) is 4.06. The van der Waals surface area contributed by atoms with Crippen LogP contribution in [0.5, 0.6) is 0 Å². The second-order valence-corrected chi connectivity index (χ2v) is 6.46. The van der Waals surface area contributed by atoms with E-state index in [9.17, 15) is 5.11 Å². The first-order chi connectivity index (χ1) is 10.3. The van der Waals surface area contributed by atoms with Crippen molar-refractivity contribution in [3.63, 3.8) is 0 Å². The molecule has 3 rings (SSSR count). The summed E-state index contributed by atoms with van der Waals surface area (Å²) < 4.78 is 5.69. The molecule has 2 fully saturated rings. The quantitative estimate of drug-likeness (QED) is 0.904. The van der Waals surface area contributed by atoms with Gasteiger partial charge in [0.25, 0.3) is 0 Å². The molecule has 3 heteroatoms. The van der Waals surface area contributed by atoms with E-state index in [0.29, 0.717) is 12.0 Å². The fourth-order valence-electron chi connectivity index (χ4n) is 3.61. The Bertz CT molecular complexity index is 408. The standard InChI is InChI=1S/C18H27NO2/c20-18(15-5-2-1-3-6-15)16-8-11-19(12-9-16)13-10-17-7-4-14-21-17/h1-3,5-6,16-18,20H,4,7-14H2/t17-,18+/m0/s1. The van der Waals surface area contributed by atoms with Crippen molar-refractivity contribution in [2.75, 3.05) is 26.2 Å². The maximum absolute atomic E-state index is 10.5. The van der Waals surface area contributed by atoms with E-state index >= 15 is 0 Å². The number of hydrogen-bond acceptors (Lipinski definition) is 3. The summed E-state index contributed by atoms with van der Waals surface area (Å²) in [4.78, 5) is 2.54. The predicted octanol–water partition coefficient (Wildman–Crippen LogP) is 3.00. The maximum atomic E-state index is 10.5. The third-order valence-electron chi connectivity index (χ3n) is 5.01. The zero-order valence-corrected chi connectivity index (χ0v) is 12.8. The van der Waals surface area contributed by atoms with Gasteiger partial charge >= 0.3 is 0 Å². The van der Waals surface area contributed by atoms with Crippen LogP contribution in [0.1, 0.15) is 43.8 Å². The van der Waals surface area contributed by atoms with Gasteiger partial charge in [-0.25, -0.2) is 0 Å². The highest BCUT2D eigenvalue weighted by molar-refractivity contribution is 5.18. The molecule has 0 aromatic heterocycles. The second kappa shape index (κ2) is 7.39. The first kappa shape index (κ1) is 15.0. The van der Waals surface area contributed by atoms with Crippen molar-refractivity contribution in [3.8, 4) is 0 Å². The Balaban J connectivity index is 1.42. The van der Waals surface area contributed by atoms with Crippen LogP contribution in [0.4, 0.5) is 0 Å². The van der Waals surface area contributed by atoms with E-state index in [-0.39, 0.29) is 6.10 Å². The molecule has 0 aliphatic carbocycles. The van der Waals surface area contributed by atoms with Gasteiger partial charge in [-0.2, -0.15) is 0 Å². The molecule has 2 aliphatic heterocycles. The molecular weight excluding hydrogens is 262 g/mol. The Kier molecular flexibility index (Phi) is 5.28. The Hall–Kier alpha value is -0.900. The highest BCUT2D eigenvalue weighted by Gasteiger charge is 2.26. The van der Waals surface area contributed by atoms with Crippen molar-refractivity contribution in [1.82, 2.24) is 4.90 Å². The molecule has 116 valence electrons. The molecule has 1 aromatic rings. The van der Waals surface area contributed by atoms with Crippen LogP contribution in [-0.4, -0.2) is 42.4 Å². The average Bonchev–Trinajstić information content (AvgIpc) is 3.07. The number of likely N-dealkylation sites (tertiary alicyclic amines) is 1. The second-order valence-electron chi connectivity index (χ2n) is 6.46. The van der Waals surface area contributed by atoms with Gasteiger partial charge in [-0.1, -0.05) is 30.3 Å². The number of piperidine rings is 1. The van der Waals surface area contributed by atoms with Crippen molar-refractivity contribution >= 4 is 0 Å². The Morgan fingerprint density at radius 1 is 1.14 bits per heavy atom. The molecule has 0 radical (unpaired) electrons. The summed E-state index contributed by atoms with van der Waals surface area (Å²) in [6, 6.07) is 10.1. The minimum absolute atomic E-state index is 0.300. The molecule has 1 aromatic carbocycles. The van der Waals surface area contributed by atoms with Crippen LogP contribution in [0.3, 0.4) is 0 Å². The van der Waals surface area contributed by atoms with Crippen molar-refractivity contribution in [2.45, 2.75) is 44.3 Å². The van der Waals surface area contributed by atoms with Gasteiger partial charge in [0.15, 0.2) is 0 Å². The summed E-state index contributed by atoms with van der Waals surface area (Å²) in [6.07, 6.45) is 6.04. The lowest BCUT2D eigenvalue weighted by Crippen LogP contribution is -2.37. The molecule has 2 saturated heterocycles. The molecule has 2 atom stereocenters. The number of hydrogen-bond donors (Lipinski definition) is 1. The van der Waals surface area contributed by atoms with Crippen LogP contribution in [-0.2, 0) is 4.74 Å². The molecule has 1 N–H and O–H groups in total. The molecule has 2 aliphatic rings. The molecule has 21 heavy (non-hydrogen) atoms. The SMILES string of the molecule is O[C@H](c1ccccc1)C1CCN(CC[C@@H]2CCCO2)CC1. The Labute approximate surface area is 127 Å². The topological polar surface area (TPSA) is 32.7 Å². The van der Waals surface area contributed by atoms with Gasteiger partial charge in [-0.05, 0) is 56.7 Å². The molecule has 0 spiro atoms. The van der Waals surface area contributed by atoms with Crippen molar-refractivity contribution < 1.29 is 9.84 Å². The zero-order valence-electron chi connectivity index (χ0n) is 12.8. The van der Waals surface area contributed by atoms with Gasteiger partial charge in [0.05, 0.1) is 12.2 Å². The number of benzene rings is 1. The number of nitrogens with zero attached hydrogens (tertiary/aromatic N) is 1. The van der Waals surface area contributed by atoms with E-state index < -0.39 is 0 Å². The number of ether oxygens (including phenoxy) is 1. The monoisotopic (exact) mass is 289 g/mol. The fraction of sp³-hybridized carbons (Fsp3) is 0.667. The average molecular weight is 289 g/mol. The smallest absolute Gasteiger partial charge is 0.0819 e. The van der Waals surface area contributed by atoms with Crippen molar-refractivity contribution in [2.24, 2.45) is 5.92 Å². The Morgan fingerprint density at radius 3 is 2.57 bits per heavy atom. The van der Waals surface area contributed by atoms with Gasteiger partial charge < -0.3 is 14.7 Å². The van der Waals surface area contributed by atoms with Crippen LogP contribution in [0.15, 0.2) is 30.3 Å². The summed E-state index contributed by atoms with van der Waals surface area (Å²) in [5.74, 6) is 0.409. The molecule has 0 amide bonds. The van der Waals surface area contributed by atoms with Gasteiger partial charge in [-0.3, -0.25) is 0 Å². The summed E-state index contributed by atoms with van der Waals surface area (Å²) in [5.41, 5.74) is 1.07. The normalized spacial score (nSPS) is 26.0. The van der Waals surface area contributed by atoms with Crippen LogP contribution >= 0.6 is 0 Å². The molecule has 3 nitrogen and oxygen atoms in total. The molecular formula is C18H27NO2. The van der Waals surface area contributed by atoms with Crippen LogP contribution in [0.25, 0.3) is 0 Å². The highest BCUT2D eigenvalue weighted by Crippen LogP contribution is 2.30. The van der Waals surface area contributed by atoms with Crippen molar-refractivity contribution in [1.29, 1.82) is 0 Å². The lowest BCUT2D eigenvalue weighted by Gasteiger charge is -2.34. The number of aliphatic hydroxyl groups excluding tert-OH is 1. The lowest BCUT2D eigenvalue weighted by molar-refractivity contribution is 0.0485. The van der Waals surface area contributed by atoms with Gasteiger partial charge in [0.2, 0.25) is 0 Å². The van der Waals surface area contributed by atoms with Crippen molar-refractivity contribution in [3.05, 3.63) is 35.9 Å². The predicted molar refractivity (Wildman–Crippen MR) is 84.2 cm³/mol. The highest BCUT2D eigenvalue weighted by atomic mass is 16.5. The van der Waals surface area contributed by atoms with E-state index in [1.165, 1.54) is 19.3 Å². The zero-order chi connectivity index (χ0) is 14.5. The van der Waals surface area contributed by atoms with Gasteiger partial charge in [0, 0.05) is 13.2 Å². The molecule has 0 saturated carbocycles. The molecule has 0 unspecified atom stereocenters. The summed E-state index contributed by atoms with van der Waals surface area (Å²) in [5, 5.41) is 10.5. The first-order valence-electron chi connectivity index (χ1n) is 8.40. The first-order valence-corrected chi connectivity index (χ1v) is 8.40. The van der Waals surface area contributed by atoms with E-state index in [4.69, 9.17) is 4.74 Å². The summed E-state index contributed by atoms with van der Waals surface area (Å²) in [6.45, 7) is 4.33. The largest absolute Gasteiger partial charge is 0.388 e. The maximum Gasteiger partial charge on any atom is 0.0819 e. The van der Waals surface area contributed by atoms with E-state index in [2.05, 4.69) is 4.90 Å².